The van der Waals surface area contributed by atoms with Crippen LogP contribution in [0.1, 0.15) is 37.9 Å². The van der Waals surface area contributed by atoms with Gasteiger partial charge in [-0.05, 0) is 55.9 Å². The van der Waals surface area contributed by atoms with Gasteiger partial charge in [0, 0.05) is 11.1 Å². The van der Waals surface area contributed by atoms with E-state index in [9.17, 15) is 5.11 Å². The Labute approximate surface area is 128 Å². The average molecular weight is 295 g/mol. The average Bonchev–Trinajstić information content (AvgIpc) is 3.18. The largest absolute Gasteiger partial charge is 0.506 e. The maximum atomic E-state index is 9.50. The molecule has 22 heavy (non-hydrogen) atoms. The topological polar surface area (TPSA) is 85.2 Å². The van der Waals surface area contributed by atoms with Gasteiger partial charge in [0.25, 0.3) is 5.89 Å². The monoisotopic (exact) mass is 295 g/mol. The summed E-state index contributed by atoms with van der Waals surface area (Å²) in [6, 6.07) is 4.90. The highest BCUT2D eigenvalue weighted by Crippen LogP contribution is 2.41. The van der Waals surface area contributed by atoms with Gasteiger partial charge in [0.15, 0.2) is 0 Å². The first-order valence-corrected chi connectivity index (χ1v) is 7.57. The Morgan fingerprint density at radius 3 is 2.95 bits per heavy atom. The lowest BCUT2D eigenvalue weighted by atomic mass is 9.92. The van der Waals surface area contributed by atoms with Crippen LogP contribution in [0.25, 0.3) is 17.0 Å². The van der Waals surface area contributed by atoms with Gasteiger partial charge in [0.2, 0.25) is 5.82 Å². The van der Waals surface area contributed by atoms with Gasteiger partial charge in [-0.2, -0.15) is 4.98 Å². The summed E-state index contributed by atoms with van der Waals surface area (Å²) < 4.78 is 5.39. The van der Waals surface area contributed by atoms with E-state index in [1.54, 1.807) is 17.7 Å². The maximum Gasteiger partial charge on any atom is 0.258 e. The third-order valence-corrected chi connectivity index (χ3v) is 4.39. The van der Waals surface area contributed by atoms with Gasteiger partial charge in [-0.25, -0.2) is 0 Å². The Balaban J connectivity index is 1.70. The summed E-state index contributed by atoms with van der Waals surface area (Å²) in [6.45, 7) is 0. The van der Waals surface area contributed by atoms with Gasteiger partial charge in [-0.15, -0.1) is 0 Å². The molecule has 112 valence electrons. The number of rotatable bonds is 2. The maximum absolute atomic E-state index is 9.50. The number of hydrogen-bond donors (Lipinski definition) is 2. The van der Waals surface area contributed by atoms with E-state index in [0.717, 1.165) is 24.8 Å². The van der Waals surface area contributed by atoms with Crippen molar-refractivity contribution in [2.75, 3.05) is 5.73 Å². The fourth-order valence-corrected chi connectivity index (χ4v) is 3.29. The van der Waals surface area contributed by atoms with E-state index in [4.69, 9.17) is 10.3 Å². The number of nitrogen functional groups attached to an aromatic ring is 1. The van der Waals surface area contributed by atoms with Crippen LogP contribution in [-0.2, 0) is 0 Å². The van der Waals surface area contributed by atoms with E-state index in [-0.39, 0.29) is 5.75 Å². The van der Waals surface area contributed by atoms with Gasteiger partial charge in [-0.3, -0.25) is 0 Å². The van der Waals surface area contributed by atoms with Gasteiger partial charge < -0.3 is 15.4 Å². The highest BCUT2D eigenvalue weighted by molar-refractivity contribution is 5.78. The molecule has 4 rings (SSSR count). The van der Waals surface area contributed by atoms with Crippen molar-refractivity contribution in [2.45, 2.75) is 32.1 Å². The molecule has 0 bridgehead atoms. The van der Waals surface area contributed by atoms with Crippen LogP contribution < -0.4 is 5.73 Å². The molecule has 1 aromatic heterocycles. The molecule has 0 amide bonds. The molecule has 5 heteroatoms. The molecule has 0 spiro atoms. The summed E-state index contributed by atoms with van der Waals surface area (Å²) in [5.74, 6) is 1.13. The summed E-state index contributed by atoms with van der Waals surface area (Å²) in [4.78, 5) is 4.52. The number of benzene rings is 1. The number of nitrogens with two attached hydrogens (primary N) is 1. The van der Waals surface area contributed by atoms with Crippen molar-refractivity contribution >= 4 is 11.3 Å². The second kappa shape index (κ2) is 5.02. The lowest BCUT2D eigenvalue weighted by molar-refractivity contribution is 0.428. The quantitative estimate of drug-likeness (QED) is 0.652. The Morgan fingerprint density at radius 2 is 2.09 bits per heavy atom. The molecule has 3 N–H and O–H groups in total. The molecule has 2 aromatic rings. The van der Waals surface area contributed by atoms with E-state index >= 15 is 0 Å². The molecule has 0 aliphatic heterocycles. The fourth-order valence-electron chi connectivity index (χ4n) is 3.29. The van der Waals surface area contributed by atoms with Crippen LogP contribution >= 0.6 is 0 Å². The SMILES string of the molecule is Nc1cc(-c2nc(C3=CCCC4=C3CCC4)no2)ccc1O. The summed E-state index contributed by atoms with van der Waals surface area (Å²) in [6.07, 6.45) is 7.95. The van der Waals surface area contributed by atoms with Crippen molar-refractivity contribution in [2.24, 2.45) is 0 Å². The molecule has 5 nitrogen and oxygen atoms in total. The van der Waals surface area contributed by atoms with Gasteiger partial charge >= 0.3 is 0 Å². The highest BCUT2D eigenvalue weighted by Gasteiger charge is 2.24. The molecule has 1 heterocycles. The molecule has 2 aliphatic carbocycles. The molecule has 0 saturated carbocycles. The second-order valence-corrected chi connectivity index (χ2v) is 5.79. The van der Waals surface area contributed by atoms with E-state index < -0.39 is 0 Å². The lowest BCUT2D eigenvalue weighted by Gasteiger charge is -2.13. The Morgan fingerprint density at radius 1 is 1.18 bits per heavy atom. The number of aromatic nitrogens is 2. The summed E-state index contributed by atoms with van der Waals surface area (Å²) in [7, 11) is 0. The number of phenols is 1. The fraction of sp³-hybridized carbons (Fsp3) is 0.294. The number of allylic oxidation sites excluding steroid dienone is 4. The Bertz CT molecular complexity index is 802. The van der Waals surface area contributed by atoms with Gasteiger partial charge in [0.1, 0.15) is 5.75 Å². The predicted molar refractivity (Wildman–Crippen MR) is 83.9 cm³/mol. The standard InChI is InChI=1S/C17H17N3O2/c18-14-9-11(7-8-15(14)21)17-19-16(20-22-17)13-6-2-4-10-3-1-5-12(10)13/h6-9,21H,1-5,18H2. The van der Waals surface area contributed by atoms with E-state index in [1.807, 2.05) is 0 Å². The van der Waals surface area contributed by atoms with Crippen LogP contribution in [0.2, 0.25) is 0 Å². The number of phenolic OH excluding ortho intramolecular Hbond substituents is 1. The molecule has 2 aliphatic rings. The molecule has 0 atom stereocenters. The molecule has 0 fully saturated rings. The van der Waals surface area contributed by atoms with Crippen molar-refractivity contribution in [1.82, 2.24) is 10.1 Å². The van der Waals surface area contributed by atoms with Crippen LogP contribution in [0.5, 0.6) is 5.75 Å². The minimum Gasteiger partial charge on any atom is -0.506 e. The predicted octanol–water partition coefficient (Wildman–Crippen LogP) is 3.68. The molecule has 1 aromatic carbocycles. The number of anilines is 1. The zero-order valence-electron chi connectivity index (χ0n) is 12.2. The molecule has 0 unspecified atom stereocenters. The number of aromatic hydroxyl groups is 1. The second-order valence-electron chi connectivity index (χ2n) is 5.79. The normalized spacial score (nSPS) is 17.5. The van der Waals surface area contributed by atoms with Crippen LogP contribution in [-0.4, -0.2) is 15.2 Å². The first-order chi connectivity index (χ1) is 10.7. The van der Waals surface area contributed by atoms with Crippen LogP contribution in [0.4, 0.5) is 5.69 Å². The van der Waals surface area contributed by atoms with Crippen molar-refractivity contribution < 1.29 is 9.63 Å². The number of nitrogens with zero attached hydrogens (tertiary/aromatic N) is 2. The number of hydrogen-bond acceptors (Lipinski definition) is 5. The van der Waals surface area contributed by atoms with E-state index in [0.29, 0.717) is 23.0 Å². The summed E-state index contributed by atoms with van der Waals surface area (Å²) in [5, 5.41) is 13.6. The third-order valence-electron chi connectivity index (χ3n) is 4.39. The van der Waals surface area contributed by atoms with Crippen LogP contribution in [0.3, 0.4) is 0 Å². The lowest BCUT2D eigenvalue weighted by Crippen LogP contribution is -1.98. The summed E-state index contributed by atoms with van der Waals surface area (Å²) >= 11 is 0. The van der Waals surface area contributed by atoms with Crippen LogP contribution in [0.15, 0.2) is 39.9 Å². The van der Waals surface area contributed by atoms with Crippen molar-refractivity contribution in [3.63, 3.8) is 0 Å². The smallest absolute Gasteiger partial charge is 0.258 e. The molecular formula is C17H17N3O2. The zero-order chi connectivity index (χ0) is 15.1. The van der Waals surface area contributed by atoms with Crippen LogP contribution in [0, 0.1) is 0 Å². The van der Waals surface area contributed by atoms with Crippen molar-refractivity contribution in [3.8, 4) is 17.2 Å². The van der Waals surface area contributed by atoms with E-state index in [1.165, 1.54) is 24.5 Å². The highest BCUT2D eigenvalue weighted by atomic mass is 16.5. The van der Waals surface area contributed by atoms with Gasteiger partial charge in [-0.1, -0.05) is 16.8 Å². The molecule has 0 radical (unpaired) electrons. The third kappa shape index (κ3) is 2.09. The Kier molecular flexibility index (Phi) is 2.99. The zero-order valence-corrected chi connectivity index (χ0v) is 12.2. The molecular weight excluding hydrogens is 278 g/mol. The molecule has 0 saturated heterocycles. The minimum absolute atomic E-state index is 0.0548. The Hall–Kier alpha value is -2.56. The van der Waals surface area contributed by atoms with Crippen molar-refractivity contribution in [1.29, 1.82) is 0 Å². The van der Waals surface area contributed by atoms with Gasteiger partial charge in [0.05, 0.1) is 5.69 Å². The summed E-state index contributed by atoms with van der Waals surface area (Å²) in [5.41, 5.74) is 10.8. The van der Waals surface area contributed by atoms with E-state index in [2.05, 4.69) is 16.2 Å². The minimum atomic E-state index is 0.0548. The first kappa shape index (κ1) is 13.1. The first-order valence-electron chi connectivity index (χ1n) is 7.57. The van der Waals surface area contributed by atoms with Crippen molar-refractivity contribution in [3.05, 3.63) is 41.2 Å².